The van der Waals surface area contributed by atoms with Crippen LogP contribution in [0.1, 0.15) is 19.3 Å². The minimum atomic E-state index is 0.265. The SMILES string of the molecule is Nc1nc(N2CCCCC2)c2[nH]c(-c3ccncc3)nc2n1. The molecule has 3 aromatic heterocycles. The van der Waals surface area contributed by atoms with E-state index in [1.165, 1.54) is 19.3 Å². The van der Waals surface area contributed by atoms with Crippen LogP contribution >= 0.6 is 0 Å². The van der Waals surface area contributed by atoms with E-state index in [1.54, 1.807) is 12.4 Å². The molecule has 112 valence electrons. The Bertz CT molecular complexity index is 790. The maximum Gasteiger partial charge on any atom is 0.224 e. The number of imidazole rings is 1. The first-order chi connectivity index (χ1) is 10.8. The van der Waals surface area contributed by atoms with Crippen molar-refractivity contribution < 1.29 is 0 Å². The molecule has 1 fully saturated rings. The average molecular weight is 295 g/mol. The molecule has 0 radical (unpaired) electrons. The number of fused-ring (bicyclic) bond motifs is 1. The van der Waals surface area contributed by atoms with Gasteiger partial charge in [0.15, 0.2) is 11.5 Å². The summed E-state index contributed by atoms with van der Waals surface area (Å²) < 4.78 is 0. The maximum absolute atomic E-state index is 5.87. The quantitative estimate of drug-likeness (QED) is 0.750. The highest BCUT2D eigenvalue weighted by atomic mass is 15.2. The summed E-state index contributed by atoms with van der Waals surface area (Å²) in [6.07, 6.45) is 7.11. The second-order valence-electron chi connectivity index (χ2n) is 5.47. The van der Waals surface area contributed by atoms with Crippen LogP contribution < -0.4 is 10.6 Å². The van der Waals surface area contributed by atoms with Crippen LogP contribution in [0.25, 0.3) is 22.6 Å². The number of nitrogens with zero attached hydrogens (tertiary/aromatic N) is 5. The molecule has 1 aliphatic rings. The second kappa shape index (κ2) is 5.25. The van der Waals surface area contributed by atoms with E-state index in [0.717, 1.165) is 35.8 Å². The molecule has 0 spiro atoms. The van der Waals surface area contributed by atoms with Crippen molar-refractivity contribution >= 4 is 22.9 Å². The molecule has 0 bridgehead atoms. The first-order valence-corrected chi connectivity index (χ1v) is 7.50. The van der Waals surface area contributed by atoms with Crippen molar-refractivity contribution in [1.82, 2.24) is 24.9 Å². The lowest BCUT2D eigenvalue weighted by Crippen LogP contribution is -2.30. The number of nitrogens with two attached hydrogens (primary N) is 1. The van der Waals surface area contributed by atoms with Gasteiger partial charge in [-0.25, -0.2) is 4.98 Å². The summed E-state index contributed by atoms with van der Waals surface area (Å²) in [5.41, 5.74) is 8.30. The van der Waals surface area contributed by atoms with Gasteiger partial charge >= 0.3 is 0 Å². The molecule has 0 amide bonds. The molecule has 7 nitrogen and oxygen atoms in total. The van der Waals surface area contributed by atoms with Crippen molar-refractivity contribution in [2.24, 2.45) is 0 Å². The highest BCUT2D eigenvalue weighted by Gasteiger charge is 2.19. The Balaban J connectivity index is 1.84. The van der Waals surface area contributed by atoms with E-state index in [9.17, 15) is 0 Å². The van der Waals surface area contributed by atoms with Gasteiger partial charge in [0.25, 0.3) is 0 Å². The lowest BCUT2D eigenvalue weighted by molar-refractivity contribution is 0.574. The van der Waals surface area contributed by atoms with Gasteiger partial charge in [0, 0.05) is 31.0 Å². The molecule has 0 atom stereocenters. The van der Waals surface area contributed by atoms with E-state index < -0.39 is 0 Å². The molecular formula is C15H17N7. The average Bonchev–Trinajstić information content (AvgIpc) is 2.99. The summed E-state index contributed by atoms with van der Waals surface area (Å²) in [6, 6.07) is 3.82. The molecule has 0 saturated carbocycles. The van der Waals surface area contributed by atoms with E-state index in [1.807, 2.05) is 12.1 Å². The lowest BCUT2D eigenvalue weighted by atomic mass is 10.1. The first-order valence-electron chi connectivity index (χ1n) is 7.50. The molecule has 0 aromatic carbocycles. The lowest BCUT2D eigenvalue weighted by Gasteiger charge is -2.27. The van der Waals surface area contributed by atoms with Gasteiger partial charge in [0.05, 0.1) is 0 Å². The third-order valence-electron chi connectivity index (χ3n) is 3.96. The molecule has 22 heavy (non-hydrogen) atoms. The zero-order valence-corrected chi connectivity index (χ0v) is 12.2. The number of H-pyrrole nitrogens is 1. The standard InChI is InChI=1S/C15H17N7/c16-15-20-13-11(14(21-15)22-8-2-1-3-9-22)18-12(19-13)10-4-6-17-7-5-10/h4-7H,1-3,8-9H2,(H3,16,18,19,20,21). The summed E-state index contributed by atoms with van der Waals surface area (Å²) in [7, 11) is 0. The molecule has 4 heterocycles. The van der Waals surface area contributed by atoms with Crippen molar-refractivity contribution in [3.8, 4) is 11.4 Å². The number of aromatic nitrogens is 5. The fraction of sp³-hybridized carbons (Fsp3) is 0.333. The van der Waals surface area contributed by atoms with Gasteiger partial charge in [-0.15, -0.1) is 0 Å². The third kappa shape index (κ3) is 2.24. The molecule has 3 aromatic rings. The van der Waals surface area contributed by atoms with Crippen LogP contribution in [0.5, 0.6) is 0 Å². The van der Waals surface area contributed by atoms with Gasteiger partial charge in [0.1, 0.15) is 11.3 Å². The highest BCUT2D eigenvalue weighted by Crippen LogP contribution is 2.28. The number of hydrogen-bond acceptors (Lipinski definition) is 6. The minimum Gasteiger partial charge on any atom is -0.368 e. The predicted molar refractivity (Wildman–Crippen MR) is 85.4 cm³/mol. The molecule has 1 saturated heterocycles. The Labute approximate surface area is 127 Å². The van der Waals surface area contributed by atoms with Gasteiger partial charge in [-0.1, -0.05) is 0 Å². The van der Waals surface area contributed by atoms with Crippen LogP contribution in [0.15, 0.2) is 24.5 Å². The zero-order valence-electron chi connectivity index (χ0n) is 12.2. The van der Waals surface area contributed by atoms with E-state index in [4.69, 9.17) is 5.73 Å². The van der Waals surface area contributed by atoms with Crippen molar-refractivity contribution in [2.75, 3.05) is 23.7 Å². The Kier molecular flexibility index (Phi) is 3.10. The Morgan fingerprint density at radius 1 is 1.00 bits per heavy atom. The van der Waals surface area contributed by atoms with Gasteiger partial charge in [-0.05, 0) is 31.4 Å². The van der Waals surface area contributed by atoms with E-state index in [-0.39, 0.29) is 5.95 Å². The Morgan fingerprint density at radius 2 is 1.77 bits per heavy atom. The summed E-state index contributed by atoms with van der Waals surface area (Å²) in [5, 5.41) is 0. The first kappa shape index (κ1) is 13.0. The number of anilines is 2. The van der Waals surface area contributed by atoms with E-state index >= 15 is 0 Å². The highest BCUT2D eigenvalue weighted by molar-refractivity contribution is 5.87. The van der Waals surface area contributed by atoms with Gasteiger partial charge in [-0.3, -0.25) is 4.98 Å². The Morgan fingerprint density at radius 3 is 2.55 bits per heavy atom. The molecule has 0 unspecified atom stereocenters. The van der Waals surface area contributed by atoms with Gasteiger partial charge in [0.2, 0.25) is 5.95 Å². The number of nitrogen functional groups attached to an aromatic ring is 1. The summed E-state index contributed by atoms with van der Waals surface area (Å²) in [4.78, 5) is 22.9. The van der Waals surface area contributed by atoms with Crippen LogP contribution in [0, 0.1) is 0 Å². The monoisotopic (exact) mass is 295 g/mol. The molecule has 7 heteroatoms. The summed E-state index contributed by atoms with van der Waals surface area (Å²) >= 11 is 0. The number of nitrogens with one attached hydrogen (secondary N) is 1. The van der Waals surface area contributed by atoms with Crippen molar-refractivity contribution in [1.29, 1.82) is 0 Å². The van der Waals surface area contributed by atoms with E-state index in [0.29, 0.717) is 5.65 Å². The van der Waals surface area contributed by atoms with Crippen molar-refractivity contribution in [3.63, 3.8) is 0 Å². The van der Waals surface area contributed by atoms with Crippen LogP contribution in [-0.4, -0.2) is 38.0 Å². The predicted octanol–water partition coefficient (Wildman–Crippen LogP) is 1.99. The molecule has 0 aliphatic carbocycles. The molecule has 4 rings (SSSR count). The Hall–Kier alpha value is -2.70. The zero-order chi connectivity index (χ0) is 14.9. The van der Waals surface area contributed by atoms with Crippen molar-refractivity contribution in [2.45, 2.75) is 19.3 Å². The normalized spacial score (nSPS) is 15.4. The smallest absolute Gasteiger partial charge is 0.224 e. The topological polar surface area (TPSA) is 96.6 Å². The van der Waals surface area contributed by atoms with E-state index in [2.05, 4.69) is 29.8 Å². The molecule has 1 aliphatic heterocycles. The maximum atomic E-state index is 5.87. The fourth-order valence-corrected chi connectivity index (χ4v) is 2.88. The molecule has 3 N–H and O–H groups in total. The number of hydrogen-bond donors (Lipinski definition) is 2. The van der Waals surface area contributed by atoms with Crippen molar-refractivity contribution in [3.05, 3.63) is 24.5 Å². The second-order valence-corrected chi connectivity index (χ2v) is 5.47. The van der Waals surface area contributed by atoms with Crippen LogP contribution in [-0.2, 0) is 0 Å². The minimum absolute atomic E-state index is 0.265. The third-order valence-corrected chi connectivity index (χ3v) is 3.96. The fourth-order valence-electron chi connectivity index (χ4n) is 2.88. The molecular weight excluding hydrogens is 278 g/mol. The summed E-state index contributed by atoms with van der Waals surface area (Å²) in [5.74, 6) is 1.88. The van der Waals surface area contributed by atoms with Crippen LogP contribution in [0.4, 0.5) is 11.8 Å². The van der Waals surface area contributed by atoms with Crippen LogP contribution in [0.2, 0.25) is 0 Å². The number of pyridine rings is 1. The summed E-state index contributed by atoms with van der Waals surface area (Å²) in [6.45, 7) is 1.99. The van der Waals surface area contributed by atoms with Gasteiger partial charge < -0.3 is 15.6 Å². The number of rotatable bonds is 2. The van der Waals surface area contributed by atoms with Crippen LogP contribution in [0.3, 0.4) is 0 Å². The number of aromatic amines is 1. The number of piperidine rings is 1. The van der Waals surface area contributed by atoms with Gasteiger partial charge in [-0.2, -0.15) is 9.97 Å². The largest absolute Gasteiger partial charge is 0.368 e.